The van der Waals surface area contributed by atoms with Gasteiger partial charge in [0.15, 0.2) is 5.88 Å². The second-order valence-electron chi connectivity index (χ2n) is 4.62. The molecule has 0 bridgehead atoms. The van der Waals surface area contributed by atoms with Gasteiger partial charge in [-0.2, -0.15) is 0 Å². The molecule has 100 valence electrons. The van der Waals surface area contributed by atoms with Gasteiger partial charge in [0.2, 0.25) is 0 Å². The van der Waals surface area contributed by atoms with Crippen molar-refractivity contribution in [3.05, 3.63) is 58.1 Å². The molecule has 3 rings (SSSR count). The summed E-state index contributed by atoms with van der Waals surface area (Å²) >= 11 is 3.49. The zero-order chi connectivity index (χ0) is 14.1. The van der Waals surface area contributed by atoms with Crippen molar-refractivity contribution in [3.8, 4) is 5.88 Å². The quantitative estimate of drug-likeness (QED) is 0.658. The Morgan fingerprint density at radius 3 is 2.80 bits per heavy atom. The van der Waals surface area contributed by atoms with Gasteiger partial charge in [0, 0.05) is 21.6 Å². The van der Waals surface area contributed by atoms with E-state index in [-0.39, 0.29) is 5.88 Å². The Hall–Kier alpha value is -2.07. The van der Waals surface area contributed by atoms with Crippen molar-refractivity contribution in [1.82, 2.24) is 4.98 Å². The summed E-state index contributed by atoms with van der Waals surface area (Å²) in [5, 5.41) is 10.9. The minimum atomic E-state index is 0.140. The van der Waals surface area contributed by atoms with Crippen molar-refractivity contribution in [2.45, 2.75) is 6.92 Å². The van der Waals surface area contributed by atoms with Crippen LogP contribution in [0.15, 0.2) is 51.9 Å². The third-order valence-electron chi connectivity index (χ3n) is 3.22. The van der Waals surface area contributed by atoms with Crippen LogP contribution in [0.3, 0.4) is 0 Å². The summed E-state index contributed by atoms with van der Waals surface area (Å²) < 4.78 is 1.02. The molecular weight excluding hydrogens is 316 g/mol. The van der Waals surface area contributed by atoms with E-state index >= 15 is 0 Å². The molecule has 0 spiro atoms. The molecule has 0 aliphatic heterocycles. The summed E-state index contributed by atoms with van der Waals surface area (Å²) in [7, 11) is 0. The normalized spacial score (nSPS) is 11.5. The highest BCUT2D eigenvalue weighted by Gasteiger charge is 2.07. The van der Waals surface area contributed by atoms with E-state index in [0.717, 1.165) is 21.1 Å². The van der Waals surface area contributed by atoms with Crippen molar-refractivity contribution in [3.63, 3.8) is 0 Å². The number of H-pyrrole nitrogens is 1. The molecule has 0 aliphatic carbocycles. The van der Waals surface area contributed by atoms with Gasteiger partial charge in [0.1, 0.15) is 0 Å². The highest BCUT2D eigenvalue weighted by Crippen LogP contribution is 2.27. The van der Waals surface area contributed by atoms with Gasteiger partial charge in [-0.1, -0.05) is 40.2 Å². The Bertz CT molecular complexity index is 805. The van der Waals surface area contributed by atoms with E-state index < -0.39 is 0 Å². The maximum atomic E-state index is 9.96. The van der Waals surface area contributed by atoms with Crippen LogP contribution in [-0.2, 0) is 0 Å². The predicted molar refractivity (Wildman–Crippen MR) is 86.1 cm³/mol. The molecule has 0 saturated heterocycles. The molecule has 1 heterocycles. The molecule has 2 N–H and O–H groups in total. The maximum Gasteiger partial charge on any atom is 0.198 e. The van der Waals surface area contributed by atoms with Gasteiger partial charge >= 0.3 is 0 Å². The van der Waals surface area contributed by atoms with Crippen molar-refractivity contribution < 1.29 is 5.11 Å². The van der Waals surface area contributed by atoms with Crippen LogP contribution in [-0.4, -0.2) is 16.3 Å². The van der Waals surface area contributed by atoms with E-state index in [1.807, 2.05) is 49.4 Å². The molecule has 0 unspecified atom stereocenters. The largest absolute Gasteiger partial charge is 0.494 e. The van der Waals surface area contributed by atoms with Crippen LogP contribution < -0.4 is 0 Å². The van der Waals surface area contributed by atoms with Crippen molar-refractivity contribution in [2.75, 3.05) is 0 Å². The third-order valence-corrected chi connectivity index (χ3v) is 4.08. The standard InChI is InChI=1S/C16H13BrN2O/c1-10-6-7-11(8-14(10)17)18-9-13-12-4-2-3-5-15(12)19-16(13)20/h2-9,19-20H,1H3. The number of aromatic hydroxyl groups is 1. The molecule has 3 aromatic rings. The number of hydrogen-bond donors (Lipinski definition) is 2. The monoisotopic (exact) mass is 328 g/mol. The Balaban J connectivity index is 2.02. The lowest BCUT2D eigenvalue weighted by Gasteiger charge is -1.99. The van der Waals surface area contributed by atoms with Crippen LogP contribution in [0.25, 0.3) is 10.9 Å². The molecule has 1 aromatic heterocycles. The topological polar surface area (TPSA) is 48.4 Å². The number of nitrogens with one attached hydrogen (secondary N) is 1. The van der Waals surface area contributed by atoms with Gasteiger partial charge in [-0.25, -0.2) is 0 Å². The van der Waals surface area contributed by atoms with Gasteiger partial charge in [0.05, 0.1) is 11.3 Å². The fourth-order valence-electron chi connectivity index (χ4n) is 2.08. The SMILES string of the molecule is Cc1ccc(N=Cc2c(O)[nH]c3ccccc23)cc1Br. The second kappa shape index (κ2) is 5.13. The van der Waals surface area contributed by atoms with Crippen molar-refractivity contribution in [1.29, 1.82) is 0 Å². The van der Waals surface area contributed by atoms with E-state index in [0.29, 0.717) is 5.56 Å². The molecule has 2 aromatic carbocycles. The fraction of sp³-hybridized carbons (Fsp3) is 0.0625. The lowest BCUT2D eigenvalue weighted by atomic mass is 10.2. The van der Waals surface area contributed by atoms with Gasteiger partial charge < -0.3 is 10.1 Å². The Kier molecular flexibility index (Phi) is 3.32. The number of aromatic amines is 1. The zero-order valence-corrected chi connectivity index (χ0v) is 12.5. The Morgan fingerprint density at radius 2 is 2.00 bits per heavy atom. The summed E-state index contributed by atoms with van der Waals surface area (Å²) in [5.41, 5.74) is 3.61. The van der Waals surface area contributed by atoms with E-state index in [1.54, 1.807) is 6.21 Å². The number of para-hydroxylation sites is 1. The molecular formula is C16H13BrN2O. The minimum absolute atomic E-state index is 0.140. The smallest absolute Gasteiger partial charge is 0.198 e. The molecule has 0 aliphatic rings. The first kappa shape index (κ1) is 12.9. The number of nitrogens with zero attached hydrogens (tertiary/aromatic N) is 1. The van der Waals surface area contributed by atoms with Gasteiger partial charge in [-0.05, 0) is 30.7 Å². The lowest BCUT2D eigenvalue weighted by molar-refractivity contribution is 0.457. The molecule has 0 saturated carbocycles. The van der Waals surface area contributed by atoms with Crippen molar-refractivity contribution in [2.24, 2.45) is 4.99 Å². The summed E-state index contributed by atoms with van der Waals surface area (Å²) in [5.74, 6) is 0.140. The fourth-order valence-corrected chi connectivity index (χ4v) is 2.45. The molecule has 0 atom stereocenters. The molecule has 4 heteroatoms. The summed E-state index contributed by atoms with van der Waals surface area (Å²) in [6.07, 6.45) is 1.69. The van der Waals surface area contributed by atoms with Crippen LogP contribution in [0.5, 0.6) is 5.88 Å². The van der Waals surface area contributed by atoms with E-state index in [2.05, 4.69) is 25.9 Å². The molecule has 0 radical (unpaired) electrons. The van der Waals surface area contributed by atoms with Crippen molar-refractivity contribution >= 4 is 38.7 Å². The molecule has 0 amide bonds. The number of halogens is 1. The Labute approximate surface area is 125 Å². The zero-order valence-electron chi connectivity index (χ0n) is 10.9. The lowest BCUT2D eigenvalue weighted by Crippen LogP contribution is -1.80. The first-order valence-corrected chi connectivity index (χ1v) is 7.04. The summed E-state index contributed by atoms with van der Waals surface area (Å²) in [4.78, 5) is 7.37. The van der Waals surface area contributed by atoms with Gasteiger partial charge in [0.25, 0.3) is 0 Å². The molecule has 20 heavy (non-hydrogen) atoms. The second-order valence-corrected chi connectivity index (χ2v) is 5.48. The van der Waals surface area contributed by atoms with Gasteiger partial charge in [-0.15, -0.1) is 0 Å². The minimum Gasteiger partial charge on any atom is -0.494 e. The molecule has 3 nitrogen and oxygen atoms in total. The van der Waals surface area contributed by atoms with Crippen LogP contribution in [0, 0.1) is 6.92 Å². The van der Waals surface area contributed by atoms with Crippen LogP contribution in [0.2, 0.25) is 0 Å². The summed E-state index contributed by atoms with van der Waals surface area (Å²) in [6.45, 7) is 2.03. The number of fused-ring (bicyclic) bond motifs is 1. The number of benzene rings is 2. The summed E-state index contributed by atoms with van der Waals surface area (Å²) in [6, 6.07) is 13.7. The number of aliphatic imine (C=N–C) groups is 1. The van der Waals surface area contributed by atoms with Gasteiger partial charge in [-0.3, -0.25) is 4.99 Å². The van der Waals surface area contributed by atoms with E-state index in [9.17, 15) is 5.11 Å². The first-order chi connectivity index (χ1) is 9.65. The van der Waals surface area contributed by atoms with Crippen LogP contribution >= 0.6 is 15.9 Å². The number of hydrogen-bond acceptors (Lipinski definition) is 2. The average molecular weight is 329 g/mol. The number of rotatable bonds is 2. The van der Waals surface area contributed by atoms with E-state index in [1.165, 1.54) is 5.56 Å². The first-order valence-electron chi connectivity index (χ1n) is 6.25. The predicted octanol–water partition coefficient (Wildman–Crippen LogP) is 4.70. The van der Waals surface area contributed by atoms with Crippen LogP contribution in [0.1, 0.15) is 11.1 Å². The maximum absolute atomic E-state index is 9.96. The highest BCUT2D eigenvalue weighted by atomic mass is 79.9. The van der Waals surface area contributed by atoms with E-state index in [4.69, 9.17) is 0 Å². The average Bonchev–Trinajstić information content (AvgIpc) is 2.76. The van der Waals surface area contributed by atoms with Crippen LogP contribution in [0.4, 0.5) is 5.69 Å². The molecule has 0 fully saturated rings. The third kappa shape index (κ3) is 2.34. The highest BCUT2D eigenvalue weighted by molar-refractivity contribution is 9.10. The Morgan fingerprint density at radius 1 is 1.20 bits per heavy atom. The number of aryl methyl sites for hydroxylation is 1. The number of aromatic nitrogens is 1.